The van der Waals surface area contributed by atoms with Crippen molar-refractivity contribution in [2.45, 2.75) is 26.3 Å². The van der Waals surface area contributed by atoms with Crippen molar-refractivity contribution in [2.24, 2.45) is 0 Å². The summed E-state index contributed by atoms with van der Waals surface area (Å²) in [5, 5.41) is 2.87. The van der Waals surface area contributed by atoms with Crippen molar-refractivity contribution in [2.75, 3.05) is 5.32 Å². The number of amides is 2. The van der Waals surface area contributed by atoms with Gasteiger partial charge in [0.1, 0.15) is 5.82 Å². The SMILES string of the molecule is Cc1cc(C)cc(NC(=O)N2C=CC(=O)C[C@H]2c2ccc(F)cc2)c1. The van der Waals surface area contributed by atoms with E-state index in [-0.39, 0.29) is 24.1 Å². The van der Waals surface area contributed by atoms with Crippen LogP contribution in [0.3, 0.4) is 0 Å². The second kappa shape index (κ2) is 6.89. The number of halogens is 1. The number of hydrogen-bond acceptors (Lipinski definition) is 2. The quantitative estimate of drug-likeness (QED) is 0.876. The molecule has 1 N–H and O–H groups in total. The zero-order valence-corrected chi connectivity index (χ0v) is 14.1. The molecule has 4 nitrogen and oxygen atoms in total. The lowest BCUT2D eigenvalue weighted by atomic mass is 9.97. The Morgan fingerprint density at radius 1 is 1.12 bits per heavy atom. The highest BCUT2D eigenvalue weighted by molar-refractivity contribution is 5.96. The van der Waals surface area contributed by atoms with Crippen LogP contribution in [0.5, 0.6) is 0 Å². The summed E-state index contributed by atoms with van der Waals surface area (Å²) in [5.41, 5.74) is 3.52. The molecule has 0 saturated carbocycles. The average molecular weight is 338 g/mol. The van der Waals surface area contributed by atoms with Gasteiger partial charge in [-0.05, 0) is 60.9 Å². The van der Waals surface area contributed by atoms with Crippen molar-refractivity contribution >= 4 is 17.5 Å². The van der Waals surface area contributed by atoms with Gasteiger partial charge in [-0.3, -0.25) is 9.69 Å². The molecular weight excluding hydrogens is 319 g/mol. The van der Waals surface area contributed by atoms with E-state index in [0.717, 1.165) is 16.7 Å². The normalized spacial score (nSPS) is 16.8. The highest BCUT2D eigenvalue weighted by Gasteiger charge is 2.28. The van der Waals surface area contributed by atoms with Gasteiger partial charge in [0.05, 0.1) is 6.04 Å². The lowest BCUT2D eigenvalue weighted by Gasteiger charge is -2.31. The highest BCUT2D eigenvalue weighted by atomic mass is 19.1. The number of ketones is 1. The molecule has 0 radical (unpaired) electrons. The number of carbonyl (C=O) groups excluding carboxylic acids is 2. The molecule has 2 aromatic rings. The highest BCUT2D eigenvalue weighted by Crippen LogP contribution is 2.29. The number of anilines is 1. The van der Waals surface area contributed by atoms with Gasteiger partial charge in [-0.1, -0.05) is 18.2 Å². The van der Waals surface area contributed by atoms with Crippen molar-refractivity contribution in [3.63, 3.8) is 0 Å². The van der Waals surface area contributed by atoms with Gasteiger partial charge in [0.25, 0.3) is 0 Å². The van der Waals surface area contributed by atoms with Crippen LogP contribution >= 0.6 is 0 Å². The van der Waals surface area contributed by atoms with Crippen LogP contribution in [-0.4, -0.2) is 16.7 Å². The fourth-order valence-electron chi connectivity index (χ4n) is 3.03. The Morgan fingerprint density at radius 3 is 2.40 bits per heavy atom. The van der Waals surface area contributed by atoms with Crippen LogP contribution in [0.15, 0.2) is 54.7 Å². The predicted molar refractivity (Wildman–Crippen MR) is 94.7 cm³/mol. The summed E-state index contributed by atoms with van der Waals surface area (Å²) in [6.45, 7) is 3.92. The molecule has 1 heterocycles. The molecular formula is C20H19FN2O2. The molecule has 128 valence electrons. The fraction of sp³-hybridized carbons (Fsp3) is 0.200. The molecule has 0 unspecified atom stereocenters. The van der Waals surface area contributed by atoms with Crippen molar-refractivity contribution in [1.29, 1.82) is 0 Å². The van der Waals surface area contributed by atoms with E-state index in [2.05, 4.69) is 5.32 Å². The first kappa shape index (κ1) is 16.9. The summed E-state index contributed by atoms with van der Waals surface area (Å²) in [7, 11) is 0. The van der Waals surface area contributed by atoms with Crippen LogP contribution in [0.4, 0.5) is 14.9 Å². The first-order valence-corrected chi connectivity index (χ1v) is 8.06. The summed E-state index contributed by atoms with van der Waals surface area (Å²) in [4.78, 5) is 26.0. The number of hydrogen-bond donors (Lipinski definition) is 1. The molecule has 0 aliphatic carbocycles. The molecule has 0 aromatic heterocycles. The van der Waals surface area contributed by atoms with Crippen molar-refractivity contribution in [1.82, 2.24) is 4.90 Å². The maximum absolute atomic E-state index is 13.2. The van der Waals surface area contributed by atoms with Gasteiger partial charge in [0.2, 0.25) is 0 Å². The van der Waals surface area contributed by atoms with Gasteiger partial charge in [0.15, 0.2) is 5.78 Å². The van der Waals surface area contributed by atoms with Crippen LogP contribution in [-0.2, 0) is 4.79 Å². The number of carbonyl (C=O) groups is 2. The maximum Gasteiger partial charge on any atom is 0.326 e. The third-order valence-electron chi connectivity index (χ3n) is 4.11. The lowest BCUT2D eigenvalue weighted by molar-refractivity contribution is -0.116. The number of allylic oxidation sites excluding steroid dienone is 1. The second-order valence-corrected chi connectivity index (χ2v) is 6.27. The third-order valence-corrected chi connectivity index (χ3v) is 4.11. The number of nitrogens with zero attached hydrogens (tertiary/aromatic N) is 1. The Balaban J connectivity index is 1.86. The van der Waals surface area contributed by atoms with E-state index in [0.29, 0.717) is 5.69 Å². The molecule has 2 amide bonds. The van der Waals surface area contributed by atoms with Crippen molar-refractivity contribution < 1.29 is 14.0 Å². The minimum atomic E-state index is -0.455. The van der Waals surface area contributed by atoms with Crippen LogP contribution in [0.1, 0.15) is 29.2 Å². The van der Waals surface area contributed by atoms with Crippen LogP contribution in [0.2, 0.25) is 0 Å². The molecule has 5 heteroatoms. The molecule has 1 aliphatic rings. The van der Waals surface area contributed by atoms with Crippen molar-refractivity contribution in [3.05, 3.63) is 77.2 Å². The number of nitrogens with one attached hydrogen (secondary N) is 1. The molecule has 2 aromatic carbocycles. The first-order chi connectivity index (χ1) is 11.9. The Hall–Kier alpha value is -2.95. The lowest BCUT2D eigenvalue weighted by Crippen LogP contribution is -2.37. The number of benzene rings is 2. The molecule has 1 aliphatic heterocycles. The standard InChI is InChI=1S/C20H19FN2O2/c1-13-9-14(2)11-17(10-13)22-20(25)23-8-7-18(24)12-19(23)15-3-5-16(21)6-4-15/h3-11,19H,12H2,1-2H3,(H,22,25)/t19-/m0/s1. The van der Waals surface area contributed by atoms with Gasteiger partial charge in [-0.2, -0.15) is 0 Å². The van der Waals surface area contributed by atoms with E-state index in [9.17, 15) is 14.0 Å². The van der Waals surface area contributed by atoms with Crippen LogP contribution < -0.4 is 5.32 Å². The summed E-state index contributed by atoms with van der Waals surface area (Å²) in [5.74, 6) is -0.419. The van der Waals surface area contributed by atoms with E-state index < -0.39 is 6.04 Å². The Kier molecular flexibility index (Phi) is 4.65. The minimum Gasteiger partial charge on any atom is -0.308 e. The zero-order chi connectivity index (χ0) is 18.0. The zero-order valence-electron chi connectivity index (χ0n) is 14.1. The van der Waals surface area contributed by atoms with Crippen LogP contribution in [0, 0.1) is 19.7 Å². The van der Waals surface area contributed by atoms with E-state index in [1.807, 2.05) is 32.0 Å². The maximum atomic E-state index is 13.2. The number of aryl methyl sites for hydroxylation is 2. The average Bonchev–Trinajstić information content (AvgIpc) is 2.54. The van der Waals surface area contributed by atoms with E-state index in [4.69, 9.17) is 0 Å². The molecule has 0 saturated heterocycles. The third kappa shape index (κ3) is 3.94. The first-order valence-electron chi connectivity index (χ1n) is 8.06. The van der Waals surface area contributed by atoms with Crippen LogP contribution in [0.25, 0.3) is 0 Å². The van der Waals surface area contributed by atoms with Gasteiger partial charge in [0, 0.05) is 18.3 Å². The molecule has 0 fully saturated rings. The Bertz CT molecular complexity index is 823. The van der Waals surface area contributed by atoms with Crippen molar-refractivity contribution in [3.8, 4) is 0 Å². The van der Waals surface area contributed by atoms with E-state index >= 15 is 0 Å². The van der Waals surface area contributed by atoms with Gasteiger partial charge >= 0.3 is 6.03 Å². The number of urea groups is 1. The molecule has 0 bridgehead atoms. The molecule has 1 atom stereocenters. The predicted octanol–water partition coefficient (Wildman–Crippen LogP) is 4.50. The van der Waals surface area contributed by atoms with Gasteiger partial charge in [-0.25, -0.2) is 9.18 Å². The smallest absolute Gasteiger partial charge is 0.308 e. The topological polar surface area (TPSA) is 49.4 Å². The molecule has 3 rings (SSSR count). The number of rotatable bonds is 2. The molecule has 0 spiro atoms. The summed E-state index contributed by atoms with van der Waals surface area (Å²) in [6, 6.07) is 10.9. The summed E-state index contributed by atoms with van der Waals surface area (Å²) < 4.78 is 13.2. The summed E-state index contributed by atoms with van der Waals surface area (Å²) >= 11 is 0. The largest absolute Gasteiger partial charge is 0.326 e. The monoisotopic (exact) mass is 338 g/mol. The summed E-state index contributed by atoms with van der Waals surface area (Å²) in [6.07, 6.45) is 3.04. The van der Waals surface area contributed by atoms with E-state index in [1.165, 1.54) is 29.3 Å². The Morgan fingerprint density at radius 2 is 1.76 bits per heavy atom. The Labute approximate surface area is 146 Å². The van der Waals surface area contributed by atoms with Gasteiger partial charge < -0.3 is 5.32 Å². The minimum absolute atomic E-state index is 0.0650. The second-order valence-electron chi connectivity index (χ2n) is 6.27. The molecule has 25 heavy (non-hydrogen) atoms. The van der Waals surface area contributed by atoms with E-state index in [1.54, 1.807) is 12.1 Å². The van der Waals surface area contributed by atoms with Gasteiger partial charge in [-0.15, -0.1) is 0 Å². The fourth-order valence-corrected chi connectivity index (χ4v) is 3.03.